The largest absolute Gasteiger partial charge is 0.334 e. The van der Waals surface area contributed by atoms with Gasteiger partial charge in [-0.3, -0.25) is 4.57 Å². The minimum Gasteiger partial charge on any atom is -0.309 e. The zero-order chi connectivity index (χ0) is 14.1. The van der Waals surface area contributed by atoms with Gasteiger partial charge in [-0.25, -0.2) is 0 Å². The molecule has 0 aliphatic carbocycles. The first-order valence-electron chi connectivity index (χ1n) is 6.35. The Hall–Kier alpha value is -0.540. The normalized spacial score (nSPS) is 12.7. The van der Waals surface area contributed by atoms with E-state index in [-0.39, 0.29) is 0 Å². The van der Waals surface area contributed by atoms with E-state index in [1.54, 1.807) is 11.8 Å². The summed E-state index contributed by atoms with van der Waals surface area (Å²) in [7, 11) is -2.98. The molecule has 0 unspecified atom stereocenters. The Morgan fingerprint density at radius 1 is 1.21 bits per heavy atom. The Bertz CT molecular complexity index is 435. The number of benzene rings is 1. The molecule has 0 aromatic heterocycles. The molecule has 0 saturated carbocycles. The van der Waals surface area contributed by atoms with Gasteiger partial charge in [0, 0.05) is 4.90 Å². The maximum atomic E-state index is 12.3. The van der Waals surface area contributed by atoms with E-state index in [1.165, 1.54) is 0 Å². The number of thioether (sulfide) groups is 1. The van der Waals surface area contributed by atoms with Crippen molar-refractivity contribution in [3.8, 4) is 0 Å². The predicted molar refractivity (Wildman–Crippen MR) is 81.8 cm³/mol. The zero-order valence-electron chi connectivity index (χ0n) is 11.7. The van der Waals surface area contributed by atoms with Crippen LogP contribution >= 0.6 is 19.4 Å². The first kappa shape index (κ1) is 16.5. The highest BCUT2D eigenvalue weighted by atomic mass is 32.2. The van der Waals surface area contributed by atoms with Gasteiger partial charge in [-0.2, -0.15) is 0 Å². The summed E-state index contributed by atoms with van der Waals surface area (Å²) in [5.41, 5.74) is 0.999. The maximum Gasteiger partial charge on any atom is 0.334 e. The van der Waals surface area contributed by atoms with E-state index >= 15 is 0 Å². The number of hydrogen-bond donors (Lipinski definition) is 0. The van der Waals surface area contributed by atoms with Gasteiger partial charge in [-0.15, -0.1) is 0 Å². The van der Waals surface area contributed by atoms with Crippen molar-refractivity contribution < 1.29 is 13.6 Å². The third-order valence-corrected chi connectivity index (χ3v) is 5.49. The van der Waals surface area contributed by atoms with E-state index in [0.717, 1.165) is 10.5 Å². The first-order valence-corrected chi connectivity index (χ1v) is 8.96. The van der Waals surface area contributed by atoms with Gasteiger partial charge in [-0.05, 0) is 38.3 Å². The van der Waals surface area contributed by atoms with Gasteiger partial charge in [-0.1, -0.05) is 35.5 Å². The fraction of sp³-hybridized carbons (Fsp3) is 0.429. The van der Waals surface area contributed by atoms with Gasteiger partial charge in [0.2, 0.25) is 0 Å². The summed E-state index contributed by atoms with van der Waals surface area (Å²) in [4.78, 5) is 1.16. The van der Waals surface area contributed by atoms with Crippen LogP contribution in [-0.4, -0.2) is 19.4 Å². The van der Waals surface area contributed by atoms with Crippen molar-refractivity contribution in [2.24, 2.45) is 0 Å². The fourth-order valence-corrected chi connectivity index (χ4v) is 4.14. The van der Waals surface area contributed by atoms with Crippen LogP contribution in [0.15, 0.2) is 46.2 Å². The van der Waals surface area contributed by atoms with Crippen molar-refractivity contribution in [2.75, 3.05) is 19.4 Å². The molecule has 0 amide bonds. The molecule has 19 heavy (non-hydrogen) atoms. The summed E-state index contributed by atoms with van der Waals surface area (Å²) < 4.78 is 22.9. The Morgan fingerprint density at radius 3 is 2.32 bits per heavy atom. The topological polar surface area (TPSA) is 35.5 Å². The minimum atomic E-state index is -2.98. The monoisotopic (exact) mass is 300 g/mol. The molecule has 0 bridgehead atoms. The molecule has 0 saturated heterocycles. The van der Waals surface area contributed by atoms with Gasteiger partial charge in [0.25, 0.3) is 0 Å². The summed E-state index contributed by atoms with van der Waals surface area (Å²) in [6.45, 7) is 6.39. The van der Waals surface area contributed by atoms with Crippen molar-refractivity contribution in [1.29, 1.82) is 0 Å². The molecule has 1 rings (SSSR count). The molecule has 0 aliphatic rings. The molecule has 0 fully saturated rings. The van der Waals surface area contributed by atoms with E-state index in [9.17, 15) is 4.57 Å². The summed E-state index contributed by atoms with van der Waals surface area (Å²) in [5.74, 6) is 0. The molecule has 106 valence electrons. The van der Waals surface area contributed by atoms with Crippen LogP contribution in [0.3, 0.4) is 0 Å². The molecule has 0 N–H and O–H groups in total. The second-order valence-electron chi connectivity index (χ2n) is 4.00. The molecule has 1 aromatic rings. The van der Waals surface area contributed by atoms with Crippen LogP contribution in [0.5, 0.6) is 0 Å². The lowest BCUT2D eigenvalue weighted by molar-refractivity contribution is 0.222. The standard InChI is InChI=1S/C14H21O3PS/c1-4-16-18(15,17-5-2)11-13(3)12-19-14-9-7-6-8-10-14/h6-10,12H,4-5,11H2,1-3H3/b13-12-. The summed E-state index contributed by atoms with van der Waals surface area (Å²) in [6.07, 6.45) is 0.342. The molecule has 5 heteroatoms. The molecule has 0 atom stereocenters. The van der Waals surface area contributed by atoms with Gasteiger partial charge in [0.15, 0.2) is 0 Å². The van der Waals surface area contributed by atoms with E-state index < -0.39 is 7.60 Å². The van der Waals surface area contributed by atoms with Crippen LogP contribution in [0.4, 0.5) is 0 Å². The highest BCUT2D eigenvalue weighted by Crippen LogP contribution is 2.49. The van der Waals surface area contributed by atoms with E-state index in [1.807, 2.05) is 56.5 Å². The SMILES string of the molecule is CCOP(=O)(C/C(C)=C\Sc1ccccc1)OCC. The van der Waals surface area contributed by atoms with E-state index in [4.69, 9.17) is 9.05 Å². The lowest BCUT2D eigenvalue weighted by Gasteiger charge is -2.17. The highest BCUT2D eigenvalue weighted by molar-refractivity contribution is 8.02. The van der Waals surface area contributed by atoms with Crippen LogP contribution in [0.2, 0.25) is 0 Å². The van der Waals surface area contributed by atoms with Gasteiger partial charge < -0.3 is 9.05 Å². The Morgan fingerprint density at radius 2 is 1.79 bits per heavy atom. The van der Waals surface area contributed by atoms with Crippen molar-refractivity contribution in [3.05, 3.63) is 41.3 Å². The molecule has 0 heterocycles. The smallest absolute Gasteiger partial charge is 0.309 e. The quantitative estimate of drug-likeness (QED) is 0.503. The van der Waals surface area contributed by atoms with Crippen molar-refractivity contribution in [2.45, 2.75) is 25.7 Å². The van der Waals surface area contributed by atoms with Crippen LogP contribution in [0.25, 0.3) is 0 Å². The van der Waals surface area contributed by atoms with Crippen LogP contribution in [-0.2, 0) is 13.6 Å². The summed E-state index contributed by atoms with van der Waals surface area (Å²) in [6, 6.07) is 10.1. The summed E-state index contributed by atoms with van der Waals surface area (Å²) in [5, 5.41) is 2.00. The first-order chi connectivity index (χ1) is 9.09. The molecular formula is C14H21O3PS. The third-order valence-electron chi connectivity index (χ3n) is 2.23. The van der Waals surface area contributed by atoms with Gasteiger partial charge in [0.05, 0.1) is 19.4 Å². The van der Waals surface area contributed by atoms with Crippen molar-refractivity contribution >= 4 is 19.4 Å². The van der Waals surface area contributed by atoms with Crippen molar-refractivity contribution in [3.63, 3.8) is 0 Å². The average molecular weight is 300 g/mol. The molecule has 1 aromatic carbocycles. The maximum absolute atomic E-state index is 12.3. The molecule has 0 spiro atoms. The molecule has 0 aliphatic heterocycles. The van der Waals surface area contributed by atoms with E-state index in [0.29, 0.717) is 19.4 Å². The number of hydrogen-bond acceptors (Lipinski definition) is 4. The average Bonchev–Trinajstić information content (AvgIpc) is 2.38. The fourth-order valence-electron chi connectivity index (χ4n) is 1.53. The van der Waals surface area contributed by atoms with Gasteiger partial charge >= 0.3 is 7.60 Å². The zero-order valence-corrected chi connectivity index (χ0v) is 13.4. The number of rotatable bonds is 8. The molecule has 3 nitrogen and oxygen atoms in total. The minimum absolute atomic E-state index is 0.342. The third kappa shape index (κ3) is 6.44. The lowest BCUT2D eigenvalue weighted by atomic mass is 10.4. The lowest BCUT2D eigenvalue weighted by Crippen LogP contribution is -2.00. The molecular weight excluding hydrogens is 279 g/mol. The van der Waals surface area contributed by atoms with E-state index in [2.05, 4.69) is 0 Å². The Kier molecular flexibility index (Phi) is 7.47. The highest BCUT2D eigenvalue weighted by Gasteiger charge is 2.23. The molecule has 0 radical (unpaired) electrons. The Balaban J connectivity index is 2.61. The van der Waals surface area contributed by atoms with Crippen LogP contribution < -0.4 is 0 Å². The van der Waals surface area contributed by atoms with Crippen LogP contribution in [0.1, 0.15) is 20.8 Å². The number of allylic oxidation sites excluding steroid dienone is 1. The second-order valence-corrected chi connectivity index (χ2v) is 7.00. The summed E-state index contributed by atoms with van der Waals surface area (Å²) >= 11 is 1.61. The second kappa shape index (κ2) is 8.60. The Labute approximate surface area is 119 Å². The predicted octanol–water partition coefficient (Wildman–Crippen LogP) is 4.95. The van der Waals surface area contributed by atoms with Crippen molar-refractivity contribution in [1.82, 2.24) is 0 Å². The van der Waals surface area contributed by atoms with Crippen LogP contribution in [0, 0.1) is 0 Å². The van der Waals surface area contributed by atoms with Gasteiger partial charge in [0.1, 0.15) is 0 Å².